The molecule has 1 aromatic rings. The highest BCUT2D eigenvalue weighted by Gasteiger charge is 2.11. The molecule has 0 bridgehead atoms. The van der Waals surface area contributed by atoms with Crippen LogP contribution in [0.15, 0.2) is 24.3 Å². The highest BCUT2D eigenvalue weighted by Crippen LogP contribution is 2.11. The summed E-state index contributed by atoms with van der Waals surface area (Å²) >= 11 is 0. The van der Waals surface area contributed by atoms with Crippen molar-refractivity contribution < 1.29 is 14.3 Å². The molecule has 1 aromatic carbocycles. The molecule has 0 radical (unpaired) electrons. The maximum absolute atomic E-state index is 10.9. The first kappa shape index (κ1) is 15.9. The largest absolute Gasteiger partial charge is 0.492 e. The molecule has 20 heavy (non-hydrogen) atoms. The second-order valence-corrected chi connectivity index (χ2v) is 4.34. The zero-order valence-electron chi connectivity index (χ0n) is 11.2. The molecule has 7 nitrogen and oxygen atoms in total. The smallest absolute Gasteiger partial charge is 0.231 e. The van der Waals surface area contributed by atoms with E-state index in [9.17, 15) is 9.59 Å². The van der Waals surface area contributed by atoms with Gasteiger partial charge in [-0.3, -0.25) is 14.5 Å². The van der Waals surface area contributed by atoms with Crippen molar-refractivity contribution in [1.82, 2.24) is 4.90 Å². The fraction of sp³-hybridized carbons (Fsp3) is 0.385. The number of primary amides is 2. The van der Waals surface area contributed by atoms with E-state index in [0.29, 0.717) is 25.4 Å². The summed E-state index contributed by atoms with van der Waals surface area (Å²) in [6.07, 6.45) is 0. The Bertz CT molecular complexity index is 431. The average Bonchev–Trinajstić information content (AvgIpc) is 2.38. The lowest BCUT2D eigenvalue weighted by molar-refractivity contribution is -0.122. The number of rotatable bonds is 9. The Balaban J connectivity index is 2.41. The normalized spacial score (nSPS) is 10.5. The Morgan fingerprint density at radius 2 is 1.60 bits per heavy atom. The molecule has 0 saturated carbocycles. The van der Waals surface area contributed by atoms with Crippen LogP contribution in [0.4, 0.5) is 0 Å². The van der Waals surface area contributed by atoms with Crippen LogP contribution in [-0.2, 0) is 16.1 Å². The summed E-state index contributed by atoms with van der Waals surface area (Å²) in [6.45, 7) is 1.12. The molecular formula is C13H20N4O3. The molecule has 110 valence electrons. The quantitative estimate of drug-likeness (QED) is 0.524. The molecule has 0 aliphatic heterocycles. The van der Waals surface area contributed by atoms with Crippen LogP contribution < -0.4 is 21.9 Å². The monoisotopic (exact) mass is 280 g/mol. The molecule has 0 unspecified atom stereocenters. The zero-order chi connectivity index (χ0) is 15.0. The fourth-order valence-electron chi connectivity index (χ4n) is 1.67. The molecule has 1 rings (SSSR count). The summed E-state index contributed by atoms with van der Waals surface area (Å²) in [4.78, 5) is 23.3. The van der Waals surface area contributed by atoms with Crippen LogP contribution in [0.3, 0.4) is 0 Å². The minimum absolute atomic E-state index is 0.0294. The third-order valence-electron chi connectivity index (χ3n) is 2.59. The topological polar surface area (TPSA) is 125 Å². The molecule has 0 aliphatic rings. The van der Waals surface area contributed by atoms with Crippen molar-refractivity contribution in [3.05, 3.63) is 29.8 Å². The molecule has 0 atom stereocenters. The lowest BCUT2D eigenvalue weighted by Gasteiger charge is -2.19. The number of nitrogens with two attached hydrogens (primary N) is 3. The number of hydrogen-bond donors (Lipinski definition) is 3. The van der Waals surface area contributed by atoms with E-state index < -0.39 is 11.8 Å². The maximum Gasteiger partial charge on any atom is 0.231 e. The van der Waals surface area contributed by atoms with E-state index in [1.54, 1.807) is 4.90 Å². The number of ether oxygens (including phenoxy) is 1. The average molecular weight is 280 g/mol. The van der Waals surface area contributed by atoms with Gasteiger partial charge >= 0.3 is 0 Å². The van der Waals surface area contributed by atoms with Crippen molar-refractivity contribution in [2.45, 2.75) is 6.54 Å². The van der Waals surface area contributed by atoms with Crippen molar-refractivity contribution >= 4 is 11.8 Å². The lowest BCUT2D eigenvalue weighted by atomic mass is 10.2. The van der Waals surface area contributed by atoms with Gasteiger partial charge in [0.1, 0.15) is 12.4 Å². The van der Waals surface area contributed by atoms with Gasteiger partial charge in [-0.2, -0.15) is 0 Å². The second kappa shape index (κ2) is 8.13. The molecule has 7 heteroatoms. The summed E-state index contributed by atoms with van der Waals surface area (Å²) in [5.41, 5.74) is 16.7. The standard InChI is InChI=1S/C13H20N4O3/c14-7-10-1-3-11(4-2-10)20-6-5-17(8-12(15)18)9-13(16)19/h1-4H,5-9,14H2,(H2,15,18)(H2,16,19). The molecule has 0 aromatic heterocycles. The van der Waals surface area contributed by atoms with Crippen LogP contribution in [-0.4, -0.2) is 43.0 Å². The van der Waals surface area contributed by atoms with Crippen molar-refractivity contribution in [2.75, 3.05) is 26.2 Å². The number of carbonyl (C=O) groups is 2. The fourth-order valence-corrected chi connectivity index (χ4v) is 1.67. The minimum atomic E-state index is -0.515. The molecule has 2 amide bonds. The van der Waals surface area contributed by atoms with E-state index in [-0.39, 0.29) is 13.1 Å². The summed E-state index contributed by atoms with van der Waals surface area (Å²) < 4.78 is 5.51. The number of hydrogen-bond acceptors (Lipinski definition) is 5. The van der Waals surface area contributed by atoms with Gasteiger partial charge in [0.15, 0.2) is 0 Å². The van der Waals surface area contributed by atoms with E-state index in [2.05, 4.69) is 0 Å². The predicted molar refractivity (Wildman–Crippen MR) is 74.7 cm³/mol. The van der Waals surface area contributed by atoms with Gasteiger partial charge in [-0.05, 0) is 17.7 Å². The highest BCUT2D eigenvalue weighted by atomic mass is 16.5. The third kappa shape index (κ3) is 6.17. The first-order valence-corrected chi connectivity index (χ1v) is 6.22. The molecule has 0 heterocycles. The first-order chi connectivity index (χ1) is 9.51. The number of amides is 2. The minimum Gasteiger partial charge on any atom is -0.492 e. The first-order valence-electron chi connectivity index (χ1n) is 6.22. The predicted octanol–water partition coefficient (Wildman–Crippen LogP) is -1.20. The Labute approximate surface area is 117 Å². The van der Waals surface area contributed by atoms with Crippen LogP contribution in [0, 0.1) is 0 Å². The van der Waals surface area contributed by atoms with E-state index in [1.165, 1.54) is 0 Å². The van der Waals surface area contributed by atoms with Crippen molar-refractivity contribution in [1.29, 1.82) is 0 Å². The van der Waals surface area contributed by atoms with Gasteiger partial charge < -0.3 is 21.9 Å². The van der Waals surface area contributed by atoms with Crippen LogP contribution in [0.1, 0.15) is 5.56 Å². The molecule has 0 aliphatic carbocycles. The molecule has 0 spiro atoms. The van der Waals surface area contributed by atoms with Crippen molar-refractivity contribution in [2.24, 2.45) is 17.2 Å². The van der Waals surface area contributed by atoms with Crippen LogP contribution in [0.2, 0.25) is 0 Å². The van der Waals surface area contributed by atoms with Gasteiger partial charge in [0.2, 0.25) is 11.8 Å². The summed E-state index contributed by atoms with van der Waals surface area (Å²) in [7, 11) is 0. The van der Waals surface area contributed by atoms with Crippen LogP contribution in [0.25, 0.3) is 0 Å². The number of carbonyl (C=O) groups excluding carboxylic acids is 2. The van der Waals surface area contributed by atoms with Gasteiger partial charge in [-0.15, -0.1) is 0 Å². The zero-order valence-corrected chi connectivity index (χ0v) is 11.2. The van der Waals surface area contributed by atoms with E-state index in [0.717, 1.165) is 5.56 Å². The molecular weight excluding hydrogens is 260 g/mol. The van der Waals surface area contributed by atoms with E-state index in [1.807, 2.05) is 24.3 Å². The van der Waals surface area contributed by atoms with Gasteiger partial charge in [0, 0.05) is 13.1 Å². The SMILES string of the molecule is NCc1ccc(OCCN(CC(N)=O)CC(N)=O)cc1. The highest BCUT2D eigenvalue weighted by molar-refractivity contribution is 5.79. The Morgan fingerprint density at radius 1 is 1.05 bits per heavy atom. The Morgan fingerprint density at radius 3 is 2.05 bits per heavy atom. The van der Waals surface area contributed by atoms with E-state index in [4.69, 9.17) is 21.9 Å². The van der Waals surface area contributed by atoms with Gasteiger partial charge in [0.05, 0.1) is 13.1 Å². The summed E-state index contributed by atoms with van der Waals surface area (Å²) in [6, 6.07) is 7.38. The molecule has 0 fully saturated rings. The van der Waals surface area contributed by atoms with Gasteiger partial charge in [-0.25, -0.2) is 0 Å². The molecule has 0 saturated heterocycles. The van der Waals surface area contributed by atoms with E-state index >= 15 is 0 Å². The number of benzene rings is 1. The van der Waals surface area contributed by atoms with Crippen molar-refractivity contribution in [3.8, 4) is 5.75 Å². The third-order valence-corrected chi connectivity index (χ3v) is 2.59. The van der Waals surface area contributed by atoms with Crippen LogP contribution >= 0.6 is 0 Å². The van der Waals surface area contributed by atoms with Crippen LogP contribution in [0.5, 0.6) is 5.75 Å². The number of nitrogens with zero attached hydrogens (tertiary/aromatic N) is 1. The lowest BCUT2D eigenvalue weighted by Crippen LogP contribution is -2.41. The summed E-state index contributed by atoms with van der Waals surface area (Å²) in [5, 5.41) is 0. The van der Waals surface area contributed by atoms with Gasteiger partial charge in [0.25, 0.3) is 0 Å². The maximum atomic E-state index is 10.9. The Hall–Kier alpha value is -2.12. The second-order valence-electron chi connectivity index (χ2n) is 4.34. The van der Waals surface area contributed by atoms with Crippen molar-refractivity contribution in [3.63, 3.8) is 0 Å². The summed E-state index contributed by atoms with van der Waals surface area (Å²) in [5.74, 6) is -0.336. The Kier molecular flexibility index (Phi) is 6.48. The molecule has 6 N–H and O–H groups in total. The van der Waals surface area contributed by atoms with Gasteiger partial charge in [-0.1, -0.05) is 12.1 Å².